The average molecular weight is 248 g/mol. The largest absolute Gasteiger partial charge is 0.377 e. The van der Waals surface area contributed by atoms with Gasteiger partial charge in [-0.2, -0.15) is 4.31 Å². The first-order valence-corrected chi connectivity index (χ1v) is 7.51. The zero-order chi connectivity index (χ0) is 11.6. The van der Waals surface area contributed by atoms with Crippen LogP contribution in [-0.2, 0) is 14.8 Å². The Morgan fingerprint density at radius 2 is 2.31 bits per heavy atom. The number of rotatable bonds is 3. The highest BCUT2D eigenvalue weighted by molar-refractivity contribution is 7.89. The lowest BCUT2D eigenvalue weighted by molar-refractivity contribution is 0.126. The fourth-order valence-corrected chi connectivity index (χ4v) is 4.03. The SMILES string of the molecule is C[C@@H]1CN(S(=O)(=O)CC2CCCO2)CCN1. The topological polar surface area (TPSA) is 58.6 Å². The molecule has 0 aromatic carbocycles. The summed E-state index contributed by atoms with van der Waals surface area (Å²) in [5.74, 6) is 0.153. The van der Waals surface area contributed by atoms with Crippen LogP contribution in [0, 0.1) is 0 Å². The van der Waals surface area contributed by atoms with Gasteiger partial charge in [-0.3, -0.25) is 0 Å². The Morgan fingerprint density at radius 1 is 1.50 bits per heavy atom. The second-order valence-electron chi connectivity index (χ2n) is 4.63. The molecule has 16 heavy (non-hydrogen) atoms. The van der Waals surface area contributed by atoms with Gasteiger partial charge in [0.15, 0.2) is 0 Å². The molecular formula is C10H20N2O3S. The summed E-state index contributed by atoms with van der Waals surface area (Å²) in [6.07, 6.45) is 1.77. The van der Waals surface area contributed by atoms with Crippen LogP contribution >= 0.6 is 0 Å². The van der Waals surface area contributed by atoms with Crippen LogP contribution in [0.2, 0.25) is 0 Å². The molecule has 2 rings (SSSR count). The van der Waals surface area contributed by atoms with Gasteiger partial charge < -0.3 is 10.1 Å². The van der Waals surface area contributed by atoms with Gasteiger partial charge in [0, 0.05) is 32.3 Å². The first kappa shape index (κ1) is 12.3. The lowest BCUT2D eigenvalue weighted by Crippen LogP contribution is -2.52. The molecule has 5 nitrogen and oxygen atoms in total. The molecular weight excluding hydrogens is 228 g/mol. The van der Waals surface area contributed by atoms with E-state index < -0.39 is 10.0 Å². The Bertz CT molecular complexity index is 325. The summed E-state index contributed by atoms with van der Waals surface area (Å²) in [7, 11) is -3.13. The Kier molecular flexibility index (Phi) is 3.84. The Labute approximate surface area is 97.2 Å². The second kappa shape index (κ2) is 5.00. The maximum atomic E-state index is 12.1. The summed E-state index contributed by atoms with van der Waals surface area (Å²) in [6.45, 7) is 4.62. The molecule has 2 aliphatic rings. The summed E-state index contributed by atoms with van der Waals surface area (Å²) >= 11 is 0. The summed E-state index contributed by atoms with van der Waals surface area (Å²) in [5, 5.41) is 3.24. The van der Waals surface area contributed by atoms with Crippen LogP contribution in [0.1, 0.15) is 19.8 Å². The molecule has 2 saturated heterocycles. The predicted octanol–water partition coefficient (Wildman–Crippen LogP) is -0.211. The van der Waals surface area contributed by atoms with Crippen molar-refractivity contribution in [1.29, 1.82) is 0 Å². The monoisotopic (exact) mass is 248 g/mol. The molecule has 2 aliphatic heterocycles. The zero-order valence-corrected chi connectivity index (χ0v) is 10.5. The minimum absolute atomic E-state index is 0.0878. The molecule has 94 valence electrons. The Hall–Kier alpha value is -0.170. The van der Waals surface area contributed by atoms with Crippen molar-refractivity contribution in [2.45, 2.75) is 31.9 Å². The van der Waals surface area contributed by atoms with Crippen LogP contribution in [0.15, 0.2) is 0 Å². The third-order valence-electron chi connectivity index (χ3n) is 3.15. The number of sulfonamides is 1. The van der Waals surface area contributed by atoms with Gasteiger partial charge in [-0.25, -0.2) is 8.42 Å². The highest BCUT2D eigenvalue weighted by Crippen LogP contribution is 2.16. The molecule has 0 aliphatic carbocycles. The number of nitrogens with zero attached hydrogens (tertiary/aromatic N) is 1. The van der Waals surface area contributed by atoms with Crippen molar-refractivity contribution in [3.8, 4) is 0 Å². The van der Waals surface area contributed by atoms with Crippen LogP contribution in [0.3, 0.4) is 0 Å². The van der Waals surface area contributed by atoms with Crippen molar-refractivity contribution in [1.82, 2.24) is 9.62 Å². The number of hydrogen-bond donors (Lipinski definition) is 1. The van der Waals surface area contributed by atoms with Gasteiger partial charge in [0.05, 0.1) is 11.9 Å². The Balaban J connectivity index is 1.94. The fraction of sp³-hybridized carbons (Fsp3) is 1.00. The van der Waals surface area contributed by atoms with E-state index in [1.54, 1.807) is 4.31 Å². The van der Waals surface area contributed by atoms with Crippen LogP contribution in [-0.4, -0.2) is 56.9 Å². The minimum atomic E-state index is -3.13. The van der Waals surface area contributed by atoms with Gasteiger partial charge in [0.1, 0.15) is 0 Å². The molecule has 2 fully saturated rings. The maximum Gasteiger partial charge on any atom is 0.216 e. The van der Waals surface area contributed by atoms with Crippen molar-refractivity contribution in [2.24, 2.45) is 0 Å². The molecule has 2 heterocycles. The van der Waals surface area contributed by atoms with Crippen molar-refractivity contribution < 1.29 is 13.2 Å². The van der Waals surface area contributed by atoms with Crippen LogP contribution in [0.4, 0.5) is 0 Å². The standard InChI is InChI=1S/C10H20N2O3S/c1-9-7-12(5-4-11-9)16(13,14)8-10-3-2-6-15-10/h9-11H,2-8H2,1H3/t9-,10?/m1/s1. The predicted molar refractivity (Wildman–Crippen MR) is 61.8 cm³/mol. The normalized spacial score (nSPS) is 33.1. The third-order valence-corrected chi connectivity index (χ3v) is 5.06. The summed E-state index contributed by atoms with van der Waals surface area (Å²) in [4.78, 5) is 0. The summed E-state index contributed by atoms with van der Waals surface area (Å²) in [5.41, 5.74) is 0. The van der Waals surface area contributed by atoms with E-state index in [0.29, 0.717) is 19.7 Å². The third kappa shape index (κ3) is 2.94. The molecule has 1 unspecified atom stereocenters. The molecule has 6 heteroatoms. The second-order valence-corrected chi connectivity index (χ2v) is 6.64. The lowest BCUT2D eigenvalue weighted by atomic mass is 10.3. The van der Waals surface area contributed by atoms with Crippen molar-refractivity contribution >= 4 is 10.0 Å². The van der Waals surface area contributed by atoms with Crippen molar-refractivity contribution in [2.75, 3.05) is 32.0 Å². The van der Waals surface area contributed by atoms with Crippen LogP contribution in [0.25, 0.3) is 0 Å². The van der Waals surface area contributed by atoms with Gasteiger partial charge in [-0.15, -0.1) is 0 Å². The van der Waals surface area contributed by atoms with Crippen LogP contribution < -0.4 is 5.32 Å². The van der Waals surface area contributed by atoms with Gasteiger partial charge >= 0.3 is 0 Å². The molecule has 0 saturated carbocycles. The molecule has 0 aromatic rings. The van der Waals surface area contributed by atoms with E-state index in [9.17, 15) is 8.42 Å². The maximum absolute atomic E-state index is 12.1. The van der Waals surface area contributed by atoms with Gasteiger partial charge in [-0.1, -0.05) is 0 Å². The van der Waals surface area contributed by atoms with Gasteiger partial charge in [0.25, 0.3) is 0 Å². The van der Waals surface area contributed by atoms with E-state index in [0.717, 1.165) is 19.4 Å². The number of piperazine rings is 1. The first-order chi connectivity index (χ1) is 7.58. The minimum Gasteiger partial charge on any atom is -0.377 e. The lowest BCUT2D eigenvalue weighted by Gasteiger charge is -2.31. The highest BCUT2D eigenvalue weighted by atomic mass is 32.2. The van der Waals surface area contributed by atoms with E-state index in [-0.39, 0.29) is 17.9 Å². The summed E-state index contributed by atoms with van der Waals surface area (Å²) in [6, 6.07) is 0.244. The molecule has 1 N–H and O–H groups in total. The average Bonchev–Trinajstić information content (AvgIpc) is 2.70. The summed E-state index contributed by atoms with van der Waals surface area (Å²) < 4.78 is 31.2. The van der Waals surface area contributed by atoms with Gasteiger partial charge in [-0.05, 0) is 19.8 Å². The molecule has 0 aromatic heterocycles. The number of ether oxygens (including phenoxy) is 1. The van der Waals surface area contributed by atoms with E-state index >= 15 is 0 Å². The van der Waals surface area contributed by atoms with E-state index in [4.69, 9.17) is 4.74 Å². The molecule has 0 bridgehead atoms. The van der Waals surface area contributed by atoms with E-state index in [1.165, 1.54) is 0 Å². The molecule has 0 amide bonds. The molecule has 2 atom stereocenters. The highest BCUT2D eigenvalue weighted by Gasteiger charge is 2.30. The smallest absolute Gasteiger partial charge is 0.216 e. The zero-order valence-electron chi connectivity index (χ0n) is 9.68. The Morgan fingerprint density at radius 3 is 2.94 bits per heavy atom. The van der Waals surface area contributed by atoms with Crippen molar-refractivity contribution in [3.63, 3.8) is 0 Å². The van der Waals surface area contributed by atoms with E-state index in [2.05, 4.69) is 5.32 Å². The quantitative estimate of drug-likeness (QED) is 0.751. The van der Waals surface area contributed by atoms with Crippen LogP contribution in [0.5, 0.6) is 0 Å². The fourth-order valence-electron chi connectivity index (χ4n) is 2.27. The van der Waals surface area contributed by atoms with Crippen molar-refractivity contribution in [3.05, 3.63) is 0 Å². The first-order valence-electron chi connectivity index (χ1n) is 5.91. The number of hydrogen-bond acceptors (Lipinski definition) is 4. The van der Waals surface area contributed by atoms with Gasteiger partial charge in [0.2, 0.25) is 10.0 Å². The van der Waals surface area contributed by atoms with E-state index in [1.807, 2.05) is 6.92 Å². The number of nitrogens with one attached hydrogen (secondary N) is 1. The molecule has 0 spiro atoms. The molecule has 0 radical (unpaired) electrons.